The topological polar surface area (TPSA) is 36.9 Å². The highest BCUT2D eigenvalue weighted by molar-refractivity contribution is 5.81. The van der Waals surface area contributed by atoms with Crippen molar-refractivity contribution in [3.63, 3.8) is 0 Å². The van der Waals surface area contributed by atoms with Crippen LogP contribution in [0.25, 0.3) is 0 Å². The molecule has 0 aliphatic carbocycles. The minimum Gasteiger partial charge on any atom is -0.385 e. The highest BCUT2D eigenvalue weighted by atomic mass is 16.5. The van der Waals surface area contributed by atoms with Gasteiger partial charge in [0.05, 0.1) is 6.54 Å². The van der Waals surface area contributed by atoms with Crippen LogP contribution < -0.4 is 5.32 Å². The van der Waals surface area contributed by atoms with Gasteiger partial charge in [0.25, 0.3) is 0 Å². The van der Waals surface area contributed by atoms with Gasteiger partial charge in [-0.1, -0.05) is 13.8 Å². The molecular weight excluding hydrogens is 190 g/mol. The summed E-state index contributed by atoms with van der Waals surface area (Å²) in [6.45, 7) is 8.19. The van der Waals surface area contributed by atoms with Gasteiger partial charge < -0.3 is 15.0 Å². The Balaban J connectivity index is 2.28. The number of nitrogens with zero attached hydrogens (tertiary/aromatic N) is 2. The Kier molecular flexibility index (Phi) is 4.39. The van der Waals surface area contributed by atoms with Crippen LogP contribution in [0.1, 0.15) is 20.3 Å². The number of aliphatic imine (C=N–C) groups is 1. The molecule has 0 amide bonds. The van der Waals surface area contributed by atoms with Crippen molar-refractivity contribution in [3.8, 4) is 0 Å². The average molecular weight is 213 g/mol. The third-order valence-electron chi connectivity index (χ3n) is 2.77. The molecule has 0 radical (unpaired) electrons. The number of methoxy groups -OCH3 is 1. The zero-order valence-corrected chi connectivity index (χ0v) is 10.3. The first kappa shape index (κ1) is 12.3. The molecule has 0 aromatic heterocycles. The molecule has 0 saturated heterocycles. The third kappa shape index (κ3) is 4.08. The minimum atomic E-state index is 0.252. The summed E-state index contributed by atoms with van der Waals surface area (Å²) in [6.07, 6.45) is 1.06. The minimum absolute atomic E-state index is 0.252. The average Bonchev–Trinajstić information content (AvgIpc) is 2.58. The van der Waals surface area contributed by atoms with Gasteiger partial charge in [-0.25, -0.2) is 0 Å². The van der Waals surface area contributed by atoms with Crippen LogP contribution in [0, 0.1) is 5.41 Å². The summed E-state index contributed by atoms with van der Waals surface area (Å²) in [5.41, 5.74) is 0.252. The molecule has 0 atom stereocenters. The molecule has 88 valence electrons. The Bertz CT molecular complexity index is 226. The molecule has 0 fully saturated rings. The first-order chi connectivity index (χ1) is 7.05. The van der Waals surface area contributed by atoms with Gasteiger partial charge in [0.15, 0.2) is 5.96 Å². The molecule has 4 heteroatoms. The number of nitrogens with one attached hydrogen (secondary N) is 1. The maximum Gasteiger partial charge on any atom is 0.193 e. The molecule has 15 heavy (non-hydrogen) atoms. The molecule has 0 spiro atoms. The lowest BCUT2D eigenvalue weighted by Crippen LogP contribution is -2.41. The molecule has 4 nitrogen and oxygen atoms in total. The van der Waals surface area contributed by atoms with E-state index in [9.17, 15) is 0 Å². The fourth-order valence-corrected chi connectivity index (χ4v) is 1.51. The van der Waals surface area contributed by atoms with Crippen LogP contribution in [0.5, 0.6) is 0 Å². The van der Waals surface area contributed by atoms with Crippen LogP contribution in [0.15, 0.2) is 4.99 Å². The van der Waals surface area contributed by atoms with Gasteiger partial charge >= 0.3 is 0 Å². The number of likely N-dealkylation sites (N-methyl/N-ethyl adjacent to an activating group) is 1. The van der Waals surface area contributed by atoms with Gasteiger partial charge in [-0.15, -0.1) is 0 Å². The number of guanidine groups is 1. The molecule has 1 aliphatic rings. The lowest BCUT2D eigenvalue weighted by molar-refractivity contribution is 0.153. The Morgan fingerprint density at radius 2 is 2.27 bits per heavy atom. The van der Waals surface area contributed by atoms with Crippen molar-refractivity contribution in [2.45, 2.75) is 20.3 Å². The van der Waals surface area contributed by atoms with Crippen LogP contribution >= 0.6 is 0 Å². The molecule has 0 aromatic rings. The van der Waals surface area contributed by atoms with Gasteiger partial charge in [-0.2, -0.15) is 0 Å². The zero-order valence-electron chi connectivity index (χ0n) is 10.3. The van der Waals surface area contributed by atoms with Gasteiger partial charge in [0.2, 0.25) is 0 Å². The van der Waals surface area contributed by atoms with E-state index in [2.05, 4.69) is 36.1 Å². The summed E-state index contributed by atoms with van der Waals surface area (Å²) >= 11 is 0. The third-order valence-corrected chi connectivity index (χ3v) is 2.77. The normalized spacial score (nSPS) is 16.8. The van der Waals surface area contributed by atoms with Crippen molar-refractivity contribution in [2.24, 2.45) is 10.4 Å². The van der Waals surface area contributed by atoms with Crippen molar-refractivity contribution in [3.05, 3.63) is 0 Å². The van der Waals surface area contributed by atoms with Crippen LogP contribution in [0.3, 0.4) is 0 Å². The standard InChI is InChI=1S/C11H23N3O/c1-11(2,5-8-15-4)9-13-10-12-6-7-14(10)3/h5-9H2,1-4H3,(H,12,13). The van der Waals surface area contributed by atoms with E-state index < -0.39 is 0 Å². The van der Waals surface area contributed by atoms with Crippen LogP contribution in [0.4, 0.5) is 0 Å². The maximum atomic E-state index is 5.10. The van der Waals surface area contributed by atoms with E-state index in [1.807, 2.05) is 0 Å². The van der Waals surface area contributed by atoms with E-state index in [4.69, 9.17) is 4.74 Å². The first-order valence-corrected chi connectivity index (χ1v) is 5.53. The van der Waals surface area contributed by atoms with E-state index >= 15 is 0 Å². The molecule has 0 bridgehead atoms. The highest BCUT2D eigenvalue weighted by Crippen LogP contribution is 2.18. The summed E-state index contributed by atoms with van der Waals surface area (Å²) in [6, 6.07) is 0. The molecule has 0 unspecified atom stereocenters. The molecule has 0 saturated carbocycles. The van der Waals surface area contributed by atoms with Crippen molar-refractivity contribution in [1.82, 2.24) is 10.2 Å². The molecule has 1 aliphatic heterocycles. The summed E-state index contributed by atoms with van der Waals surface area (Å²) in [4.78, 5) is 6.56. The van der Waals surface area contributed by atoms with Crippen molar-refractivity contribution in [1.29, 1.82) is 0 Å². The van der Waals surface area contributed by atoms with Crippen molar-refractivity contribution >= 4 is 5.96 Å². The van der Waals surface area contributed by atoms with E-state index in [1.54, 1.807) is 7.11 Å². The van der Waals surface area contributed by atoms with Crippen molar-refractivity contribution in [2.75, 3.05) is 40.4 Å². The number of rotatable bonds is 5. The van der Waals surface area contributed by atoms with Gasteiger partial charge in [-0.05, 0) is 11.8 Å². The van der Waals surface area contributed by atoms with Gasteiger partial charge in [0.1, 0.15) is 0 Å². The molecule has 1 N–H and O–H groups in total. The number of ether oxygens (including phenoxy) is 1. The van der Waals surface area contributed by atoms with Gasteiger partial charge in [-0.3, -0.25) is 4.99 Å². The monoisotopic (exact) mass is 213 g/mol. The number of hydrogen-bond donors (Lipinski definition) is 1. The van der Waals surface area contributed by atoms with E-state index in [0.717, 1.165) is 38.6 Å². The maximum absolute atomic E-state index is 5.10. The Morgan fingerprint density at radius 1 is 1.53 bits per heavy atom. The van der Waals surface area contributed by atoms with Crippen LogP contribution in [-0.2, 0) is 4.74 Å². The lowest BCUT2D eigenvalue weighted by atomic mass is 9.90. The Labute approximate surface area is 92.7 Å². The van der Waals surface area contributed by atoms with E-state index in [0.29, 0.717) is 0 Å². The molecule has 1 heterocycles. The fourth-order valence-electron chi connectivity index (χ4n) is 1.51. The smallest absolute Gasteiger partial charge is 0.193 e. The number of hydrogen-bond acceptors (Lipinski definition) is 4. The largest absolute Gasteiger partial charge is 0.385 e. The van der Waals surface area contributed by atoms with Gasteiger partial charge in [0, 0.05) is 33.9 Å². The quantitative estimate of drug-likeness (QED) is 0.738. The van der Waals surface area contributed by atoms with Crippen molar-refractivity contribution < 1.29 is 4.74 Å². The second-order valence-electron chi connectivity index (χ2n) is 4.89. The fraction of sp³-hybridized carbons (Fsp3) is 0.909. The highest BCUT2D eigenvalue weighted by Gasteiger charge is 2.20. The van der Waals surface area contributed by atoms with E-state index in [-0.39, 0.29) is 5.41 Å². The summed E-state index contributed by atoms with van der Waals surface area (Å²) in [5, 5.41) is 3.40. The Morgan fingerprint density at radius 3 is 2.80 bits per heavy atom. The second-order valence-corrected chi connectivity index (χ2v) is 4.89. The van der Waals surface area contributed by atoms with Crippen LogP contribution in [-0.4, -0.2) is 51.3 Å². The van der Waals surface area contributed by atoms with Crippen LogP contribution in [0.2, 0.25) is 0 Å². The molecule has 1 rings (SSSR count). The summed E-state index contributed by atoms with van der Waals surface area (Å²) in [7, 11) is 3.82. The predicted molar refractivity (Wildman–Crippen MR) is 63.2 cm³/mol. The lowest BCUT2D eigenvalue weighted by Gasteiger charge is -2.26. The Hall–Kier alpha value is -0.770. The second kappa shape index (κ2) is 5.35. The first-order valence-electron chi connectivity index (χ1n) is 5.53. The van der Waals surface area contributed by atoms with E-state index in [1.165, 1.54) is 0 Å². The predicted octanol–water partition coefficient (Wildman–Crippen LogP) is 0.940. The summed E-state index contributed by atoms with van der Waals surface area (Å²) in [5.74, 6) is 1.03. The molecule has 0 aromatic carbocycles. The molecular formula is C11H23N3O. The zero-order chi connectivity index (χ0) is 11.3. The summed E-state index contributed by atoms with van der Waals surface area (Å²) < 4.78 is 5.10. The SMILES string of the molecule is COCCC(C)(C)CNC1=NCCN1C.